The number of benzene rings is 2. The van der Waals surface area contributed by atoms with Crippen LogP contribution in [0.15, 0.2) is 58.3 Å². The minimum atomic E-state index is 0.123. The normalized spacial score (nSPS) is 10.7. The van der Waals surface area contributed by atoms with E-state index in [4.69, 9.17) is 0 Å². The summed E-state index contributed by atoms with van der Waals surface area (Å²) in [6.07, 6.45) is 6.64. The first-order valence-electron chi connectivity index (χ1n) is 7.20. The molecule has 0 heterocycles. The SMILES string of the molecule is CSc1ccc(CC(Cc2ccc(SC)cc2)NC=O)cc1. The molecule has 0 fully saturated rings. The number of hydrogen-bond acceptors (Lipinski definition) is 3. The number of hydrogen-bond donors (Lipinski definition) is 1. The van der Waals surface area contributed by atoms with Crippen LogP contribution in [0.5, 0.6) is 0 Å². The van der Waals surface area contributed by atoms with Crippen LogP contribution in [0.1, 0.15) is 11.1 Å². The molecule has 0 aliphatic carbocycles. The van der Waals surface area contributed by atoms with Gasteiger partial charge in [0.05, 0.1) is 0 Å². The van der Waals surface area contributed by atoms with E-state index in [1.165, 1.54) is 20.9 Å². The monoisotopic (exact) mass is 331 g/mol. The van der Waals surface area contributed by atoms with E-state index in [0.717, 1.165) is 19.3 Å². The molecule has 0 saturated carbocycles. The summed E-state index contributed by atoms with van der Waals surface area (Å²) in [6.45, 7) is 0. The number of thioether (sulfide) groups is 2. The quantitative estimate of drug-likeness (QED) is 0.585. The first-order valence-corrected chi connectivity index (χ1v) is 9.65. The van der Waals surface area contributed by atoms with Crippen molar-refractivity contribution in [1.29, 1.82) is 0 Å². The van der Waals surface area contributed by atoms with Crippen molar-refractivity contribution in [2.24, 2.45) is 0 Å². The standard InChI is InChI=1S/C18H21NOS2/c1-21-17-7-3-14(4-8-17)11-16(19-13-20)12-15-5-9-18(22-2)10-6-15/h3-10,13,16H,11-12H2,1-2H3,(H,19,20). The lowest BCUT2D eigenvalue weighted by Gasteiger charge is -2.17. The second kappa shape index (κ2) is 8.91. The summed E-state index contributed by atoms with van der Waals surface area (Å²) in [7, 11) is 0. The molecule has 2 aromatic carbocycles. The second-order valence-corrected chi connectivity index (χ2v) is 6.85. The summed E-state index contributed by atoms with van der Waals surface area (Å²) in [4.78, 5) is 13.4. The van der Waals surface area contributed by atoms with E-state index in [0.29, 0.717) is 0 Å². The van der Waals surface area contributed by atoms with Crippen molar-refractivity contribution in [3.8, 4) is 0 Å². The van der Waals surface area contributed by atoms with Gasteiger partial charge in [-0.25, -0.2) is 0 Å². The molecule has 1 amide bonds. The fourth-order valence-electron chi connectivity index (χ4n) is 2.38. The van der Waals surface area contributed by atoms with Gasteiger partial charge in [0.15, 0.2) is 0 Å². The Hall–Kier alpha value is -1.39. The molecule has 0 atom stereocenters. The van der Waals surface area contributed by atoms with Gasteiger partial charge in [-0.1, -0.05) is 24.3 Å². The van der Waals surface area contributed by atoms with E-state index in [2.05, 4.69) is 66.4 Å². The molecule has 0 radical (unpaired) electrons. The Labute approximate surface area is 141 Å². The van der Waals surface area contributed by atoms with Crippen LogP contribution in [0.25, 0.3) is 0 Å². The Morgan fingerprint density at radius 3 is 1.59 bits per heavy atom. The Morgan fingerprint density at radius 1 is 0.864 bits per heavy atom. The van der Waals surface area contributed by atoms with Crippen molar-refractivity contribution in [3.63, 3.8) is 0 Å². The van der Waals surface area contributed by atoms with Crippen LogP contribution in [-0.2, 0) is 17.6 Å². The molecule has 0 aliphatic heterocycles. The van der Waals surface area contributed by atoms with Gasteiger partial charge in [-0.05, 0) is 60.7 Å². The number of carbonyl (C=O) groups excluding carboxylic acids is 1. The highest BCUT2D eigenvalue weighted by Crippen LogP contribution is 2.18. The summed E-state index contributed by atoms with van der Waals surface area (Å²) in [5.74, 6) is 0. The molecule has 2 nitrogen and oxygen atoms in total. The summed E-state index contributed by atoms with van der Waals surface area (Å²) < 4.78 is 0. The van der Waals surface area contributed by atoms with Gasteiger partial charge in [0.1, 0.15) is 0 Å². The molecule has 116 valence electrons. The highest BCUT2D eigenvalue weighted by atomic mass is 32.2. The van der Waals surface area contributed by atoms with E-state index in [-0.39, 0.29) is 6.04 Å². The fraction of sp³-hybridized carbons (Fsp3) is 0.278. The minimum Gasteiger partial charge on any atom is -0.355 e. The zero-order valence-electron chi connectivity index (χ0n) is 12.9. The van der Waals surface area contributed by atoms with Crippen LogP contribution in [-0.4, -0.2) is 25.0 Å². The maximum atomic E-state index is 10.9. The molecule has 0 saturated heterocycles. The molecule has 22 heavy (non-hydrogen) atoms. The van der Waals surface area contributed by atoms with E-state index in [1.807, 2.05) is 0 Å². The Bertz CT molecular complexity index is 532. The van der Waals surface area contributed by atoms with Crippen molar-refractivity contribution in [2.45, 2.75) is 28.7 Å². The molecule has 4 heteroatoms. The summed E-state index contributed by atoms with van der Waals surface area (Å²) in [5.41, 5.74) is 2.50. The lowest BCUT2D eigenvalue weighted by molar-refractivity contribution is -0.110. The van der Waals surface area contributed by atoms with Crippen molar-refractivity contribution >= 4 is 29.9 Å². The lowest BCUT2D eigenvalue weighted by atomic mass is 9.99. The minimum absolute atomic E-state index is 0.123. The van der Waals surface area contributed by atoms with Gasteiger partial charge in [-0.3, -0.25) is 4.79 Å². The first kappa shape index (κ1) is 17.0. The second-order valence-electron chi connectivity index (χ2n) is 5.09. The number of amides is 1. The van der Waals surface area contributed by atoms with Gasteiger partial charge in [0.2, 0.25) is 6.41 Å². The van der Waals surface area contributed by atoms with Crippen LogP contribution in [0, 0.1) is 0 Å². The van der Waals surface area contributed by atoms with E-state index in [9.17, 15) is 4.79 Å². The number of nitrogens with one attached hydrogen (secondary N) is 1. The van der Waals surface area contributed by atoms with Gasteiger partial charge >= 0.3 is 0 Å². The largest absolute Gasteiger partial charge is 0.355 e. The summed E-state index contributed by atoms with van der Waals surface area (Å²) >= 11 is 3.48. The molecule has 0 aliphatic rings. The Morgan fingerprint density at radius 2 is 1.27 bits per heavy atom. The zero-order chi connectivity index (χ0) is 15.8. The van der Waals surface area contributed by atoms with Gasteiger partial charge < -0.3 is 5.32 Å². The van der Waals surface area contributed by atoms with Crippen LogP contribution < -0.4 is 5.32 Å². The zero-order valence-corrected chi connectivity index (χ0v) is 14.5. The van der Waals surface area contributed by atoms with Crippen molar-refractivity contribution in [1.82, 2.24) is 5.32 Å². The molecule has 0 aromatic heterocycles. The number of carbonyl (C=O) groups is 1. The predicted molar refractivity (Wildman–Crippen MR) is 96.8 cm³/mol. The third-order valence-corrected chi connectivity index (χ3v) is 5.07. The van der Waals surface area contributed by atoms with Crippen molar-refractivity contribution in [2.75, 3.05) is 12.5 Å². The lowest BCUT2D eigenvalue weighted by Crippen LogP contribution is -2.32. The van der Waals surface area contributed by atoms with E-state index >= 15 is 0 Å². The van der Waals surface area contributed by atoms with Crippen LogP contribution in [0.4, 0.5) is 0 Å². The third kappa shape index (κ3) is 5.11. The van der Waals surface area contributed by atoms with Crippen LogP contribution in [0.2, 0.25) is 0 Å². The summed E-state index contributed by atoms with van der Waals surface area (Å²) in [5, 5.41) is 2.95. The molecule has 0 bridgehead atoms. The Kier molecular flexibility index (Phi) is 6.87. The highest BCUT2D eigenvalue weighted by molar-refractivity contribution is 7.98. The molecule has 1 N–H and O–H groups in total. The Balaban J connectivity index is 2.02. The van der Waals surface area contributed by atoms with Crippen molar-refractivity contribution < 1.29 is 4.79 Å². The maximum Gasteiger partial charge on any atom is 0.207 e. The molecular weight excluding hydrogens is 310 g/mol. The fourth-order valence-corrected chi connectivity index (χ4v) is 3.20. The maximum absolute atomic E-state index is 10.9. The first-order chi connectivity index (χ1) is 10.7. The predicted octanol–water partition coefficient (Wildman–Crippen LogP) is 4.03. The number of rotatable bonds is 8. The van der Waals surface area contributed by atoms with Crippen molar-refractivity contribution in [3.05, 3.63) is 59.7 Å². The summed E-state index contributed by atoms with van der Waals surface area (Å²) in [6, 6.07) is 17.2. The van der Waals surface area contributed by atoms with Gasteiger partial charge in [0.25, 0.3) is 0 Å². The molecular formula is C18H21NOS2. The van der Waals surface area contributed by atoms with E-state index < -0.39 is 0 Å². The third-order valence-electron chi connectivity index (χ3n) is 3.59. The molecule has 2 rings (SSSR count). The highest BCUT2D eigenvalue weighted by Gasteiger charge is 2.10. The van der Waals surface area contributed by atoms with E-state index in [1.54, 1.807) is 23.5 Å². The smallest absolute Gasteiger partial charge is 0.207 e. The van der Waals surface area contributed by atoms with Gasteiger partial charge in [-0.15, -0.1) is 23.5 Å². The van der Waals surface area contributed by atoms with Crippen LogP contribution >= 0.6 is 23.5 Å². The molecule has 0 unspecified atom stereocenters. The molecule has 0 spiro atoms. The van der Waals surface area contributed by atoms with Gasteiger partial charge in [0, 0.05) is 15.8 Å². The van der Waals surface area contributed by atoms with Crippen LogP contribution in [0.3, 0.4) is 0 Å². The average Bonchev–Trinajstić information content (AvgIpc) is 2.56. The molecule has 2 aromatic rings. The topological polar surface area (TPSA) is 29.1 Å². The average molecular weight is 332 g/mol. The van der Waals surface area contributed by atoms with Gasteiger partial charge in [-0.2, -0.15) is 0 Å².